The fraction of sp³-hybridized carbons (Fsp3) is 0.625. The molecular weight excluding hydrogens is 253 g/mol. The third-order valence-electron chi connectivity index (χ3n) is 4.38. The van der Waals surface area contributed by atoms with Crippen molar-refractivity contribution in [2.24, 2.45) is 5.73 Å². The predicted octanol–water partition coefficient (Wildman–Crippen LogP) is 1.64. The SMILES string of the molecule is Cc1ccc(F)cc1CC(N)C1CN(C)CCCN1C. The van der Waals surface area contributed by atoms with Crippen LogP contribution in [0.15, 0.2) is 18.2 Å². The van der Waals surface area contributed by atoms with Gasteiger partial charge in [-0.05, 0) is 70.2 Å². The third-order valence-corrected chi connectivity index (χ3v) is 4.38. The molecule has 0 aliphatic carbocycles. The van der Waals surface area contributed by atoms with E-state index in [1.165, 1.54) is 12.5 Å². The van der Waals surface area contributed by atoms with Crippen molar-refractivity contribution in [1.29, 1.82) is 0 Å². The maximum Gasteiger partial charge on any atom is 0.123 e. The molecule has 0 saturated carbocycles. The summed E-state index contributed by atoms with van der Waals surface area (Å²) in [5.41, 5.74) is 8.57. The van der Waals surface area contributed by atoms with E-state index in [2.05, 4.69) is 23.9 Å². The maximum absolute atomic E-state index is 13.4. The summed E-state index contributed by atoms with van der Waals surface area (Å²) in [5, 5.41) is 0. The molecule has 4 heteroatoms. The Hall–Kier alpha value is -0.970. The van der Waals surface area contributed by atoms with Crippen LogP contribution in [0.1, 0.15) is 17.5 Å². The summed E-state index contributed by atoms with van der Waals surface area (Å²) in [6.07, 6.45) is 1.90. The van der Waals surface area contributed by atoms with Crippen molar-refractivity contribution < 1.29 is 4.39 Å². The zero-order chi connectivity index (χ0) is 14.7. The third kappa shape index (κ3) is 3.78. The topological polar surface area (TPSA) is 32.5 Å². The number of nitrogens with zero attached hydrogens (tertiary/aromatic N) is 2. The number of likely N-dealkylation sites (N-methyl/N-ethyl adjacent to an activating group) is 2. The lowest BCUT2D eigenvalue weighted by Crippen LogP contribution is -2.51. The first-order chi connectivity index (χ1) is 9.47. The highest BCUT2D eigenvalue weighted by molar-refractivity contribution is 5.27. The Bertz CT molecular complexity index is 449. The van der Waals surface area contributed by atoms with Crippen LogP contribution >= 0.6 is 0 Å². The number of nitrogens with two attached hydrogens (primary N) is 1. The number of benzene rings is 1. The minimum atomic E-state index is -0.177. The van der Waals surface area contributed by atoms with Gasteiger partial charge in [0.2, 0.25) is 0 Å². The molecular formula is C16H26FN3. The van der Waals surface area contributed by atoms with Gasteiger partial charge in [-0.3, -0.25) is 0 Å². The van der Waals surface area contributed by atoms with Crippen molar-refractivity contribution in [2.75, 3.05) is 33.7 Å². The van der Waals surface area contributed by atoms with E-state index < -0.39 is 0 Å². The Morgan fingerprint density at radius 1 is 1.35 bits per heavy atom. The van der Waals surface area contributed by atoms with Gasteiger partial charge in [0.15, 0.2) is 0 Å². The van der Waals surface area contributed by atoms with Gasteiger partial charge in [0.25, 0.3) is 0 Å². The normalized spacial score (nSPS) is 23.6. The van der Waals surface area contributed by atoms with Crippen molar-refractivity contribution >= 4 is 0 Å². The average Bonchev–Trinajstić information content (AvgIpc) is 2.55. The lowest BCUT2D eigenvalue weighted by atomic mass is 9.96. The van der Waals surface area contributed by atoms with Crippen LogP contribution in [-0.4, -0.2) is 55.6 Å². The number of rotatable bonds is 3. The fourth-order valence-electron chi connectivity index (χ4n) is 3.02. The second-order valence-corrected chi connectivity index (χ2v) is 6.10. The van der Waals surface area contributed by atoms with E-state index in [0.29, 0.717) is 6.04 Å². The second kappa shape index (κ2) is 6.66. The van der Waals surface area contributed by atoms with Crippen LogP contribution in [0.2, 0.25) is 0 Å². The van der Waals surface area contributed by atoms with E-state index in [9.17, 15) is 4.39 Å². The number of aryl methyl sites for hydroxylation is 1. The molecule has 0 aromatic heterocycles. The van der Waals surface area contributed by atoms with Gasteiger partial charge < -0.3 is 15.5 Å². The molecule has 1 aliphatic heterocycles. The molecule has 1 aromatic carbocycles. The van der Waals surface area contributed by atoms with E-state index >= 15 is 0 Å². The summed E-state index contributed by atoms with van der Waals surface area (Å²) in [5.74, 6) is -0.177. The zero-order valence-corrected chi connectivity index (χ0v) is 12.8. The molecule has 1 aliphatic rings. The quantitative estimate of drug-likeness (QED) is 0.913. The minimum Gasteiger partial charge on any atom is -0.326 e. The Balaban J connectivity index is 2.09. The van der Waals surface area contributed by atoms with Gasteiger partial charge in [-0.25, -0.2) is 4.39 Å². The molecule has 0 bridgehead atoms. The van der Waals surface area contributed by atoms with Crippen LogP contribution in [-0.2, 0) is 6.42 Å². The monoisotopic (exact) mass is 279 g/mol. The van der Waals surface area contributed by atoms with Crippen molar-refractivity contribution in [3.63, 3.8) is 0 Å². The van der Waals surface area contributed by atoms with Crippen molar-refractivity contribution in [1.82, 2.24) is 9.80 Å². The number of hydrogen-bond acceptors (Lipinski definition) is 3. The highest BCUT2D eigenvalue weighted by Crippen LogP contribution is 2.16. The average molecular weight is 279 g/mol. The van der Waals surface area contributed by atoms with Gasteiger partial charge in [0.1, 0.15) is 5.82 Å². The van der Waals surface area contributed by atoms with Crippen molar-refractivity contribution in [2.45, 2.75) is 31.8 Å². The summed E-state index contributed by atoms with van der Waals surface area (Å²) >= 11 is 0. The maximum atomic E-state index is 13.4. The molecule has 0 spiro atoms. The molecule has 1 aromatic rings. The first-order valence-corrected chi connectivity index (χ1v) is 7.37. The molecule has 2 atom stereocenters. The van der Waals surface area contributed by atoms with Gasteiger partial charge in [-0.15, -0.1) is 0 Å². The zero-order valence-electron chi connectivity index (χ0n) is 12.8. The van der Waals surface area contributed by atoms with Crippen LogP contribution < -0.4 is 5.73 Å². The van der Waals surface area contributed by atoms with Crippen LogP contribution in [0.3, 0.4) is 0 Å². The number of hydrogen-bond donors (Lipinski definition) is 1. The Kier molecular flexibility index (Phi) is 5.13. The summed E-state index contributed by atoms with van der Waals surface area (Å²) in [6.45, 7) is 5.19. The Morgan fingerprint density at radius 2 is 2.10 bits per heavy atom. The molecule has 2 rings (SSSR count). The highest BCUT2D eigenvalue weighted by atomic mass is 19.1. The standard InChI is InChI=1S/C16H26FN3/c1-12-5-6-14(17)9-13(12)10-15(18)16-11-19(2)7-4-8-20(16)3/h5-6,9,15-16H,4,7-8,10-11,18H2,1-3H3. The molecule has 2 N–H and O–H groups in total. The van der Waals surface area contributed by atoms with Crippen LogP contribution in [0.25, 0.3) is 0 Å². The Labute approximate surface area is 121 Å². The molecule has 0 radical (unpaired) electrons. The smallest absolute Gasteiger partial charge is 0.123 e. The largest absolute Gasteiger partial charge is 0.326 e. The fourth-order valence-corrected chi connectivity index (χ4v) is 3.02. The molecule has 2 unspecified atom stereocenters. The van der Waals surface area contributed by atoms with Gasteiger partial charge in [-0.2, -0.15) is 0 Å². The van der Waals surface area contributed by atoms with Crippen LogP contribution in [0.4, 0.5) is 4.39 Å². The summed E-state index contributed by atoms with van der Waals surface area (Å²) < 4.78 is 13.4. The summed E-state index contributed by atoms with van der Waals surface area (Å²) in [4.78, 5) is 4.69. The molecule has 1 heterocycles. The first kappa shape index (κ1) is 15.4. The van der Waals surface area contributed by atoms with Gasteiger partial charge >= 0.3 is 0 Å². The van der Waals surface area contributed by atoms with Crippen molar-refractivity contribution in [3.05, 3.63) is 35.1 Å². The van der Waals surface area contributed by atoms with E-state index in [1.54, 1.807) is 6.07 Å². The van der Waals surface area contributed by atoms with Gasteiger partial charge in [0, 0.05) is 18.6 Å². The van der Waals surface area contributed by atoms with E-state index in [-0.39, 0.29) is 11.9 Å². The highest BCUT2D eigenvalue weighted by Gasteiger charge is 2.26. The van der Waals surface area contributed by atoms with E-state index in [0.717, 1.165) is 37.2 Å². The summed E-state index contributed by atoms with van der Waals surface area (Å²) in [6, 6.07) is 5.32. The minimum absolute atomic E-state index is 0.0287. The molecule has 0 amide bonds. The molecule has 1 fully saturated rings. The molecule has 112 valence electrons. The molecule has 3 nitrogen and oxygen atoms in total. The van der Waals surface area contributed by atoms with Crippen LogP contribution in [0.5, 0.6) is 0 Å². The second-order valence-electron chi connectivity index (χ2n) is 6.10. The van der Waals surface area contributed by atoms with E-state index in [4.69, 9.17) is 5.73 Å². The predicted molar refractivity (Wildman–Crippen MR) is 81.3 cm³/mol. The molecule has 20 heavy (non-hydrogen) atoms. The Morgan fingerprint density at radius 3 is 2.85 bits per heavy atom. The molecule has 1 saturated heterocycles. The lowest BCUT2D eigenvalue weighted by molar-refractivity contribution is 0.195. The number of halogens is 1. The van der Waals surface area contributed by atoms with Gasteiger partial charge in [-0.1, -0.05) is 6.07 Å². The summed E-state index contributed by atoms with van der Waals surface area (Å²) in [7, 11) is 4.29. The van der Waals surface area contributed by atoms with Crippen LogP contribution in [0, 0.1) is 12.7 Å². The first-order valence-electron chi connectivity index (χ1n) is 7.37. The van der Waals surface area contributed by atoms with Crippen molar-refractivity contribution in [3.8, 4) is 0 Å². The lowest BCUT2D eigenvalue weighted by Gasteiger charge is -2.32. The van der Waals surface area contributed by atoms with Gasteiger partial charge in [0.05, 0.1) is 0 Å². The van der Waals surface area contributed by atoms with E-state index in [1.807, 2.05) is 13.0 Å².